The predicted octanol–water partition coefficient (Wildman–Crippen LogP) is 5.07. The van der Waals surface area contributed by atoms with Crippen molar-refractivity contribution >= 4 is 57.6 Å². The minimum atomic E-state index is -0.190. The van der Waals surface area contributed by atoms with Crippen LogP contribution in [0.1, 0.15) is 11.1 Å². The van der Waals surface area contributed by atoms with E-state index in [9.17, 15) is 4.79 Å². The maximum atomic E-state index is 12.9. The first-order chi connectivity index (χ1) is 12.5. The summed E-state index contributed by atoms with van der Waals surface area (Å²) in [5, 5.41) is 0.593. The number of thioether (sulfide) groups is 1. The Morgan fingerprint density at radius 1 is 1.19 bits per heavy atom. The minimum Gasteiger partial charge on any atom is -0.493 e. The van der Waals surface area contributed by atoms with Crippen LogP contribution >= 0.6 is 35.6 Å². The summed E-state index contributed by atoms with van der Waals surface area (Å²) in [5.74, 6) is 0.977. The molecule has 1 aliphatic rings. The largest absolute Gasteiger partial charge is 0.493 e. The second-order valence-electron chi connectivity index (χ2n) is 5.53. The monoisotopic (exact) mass is 405 g/mol. The van der Waals surface area contributed by atoms with E-state index in [1.807, 2.05) is 31.2 Å². The van der Waals surface area contributed by atoms with Crippen LogP contribution in [-0.2, 0) is 4.79 Å². The van der Waals surface area contributed by atoms with Crippen molar-refractivity contribution in [3.8, 4) is 11.5 Å². The number of para-hydroxylation sites is 1. The standard InChI is InChI=1S/C19H16ClNO3S2/c1-11-7-8-13(10-14(11)20)21-18(22)16(26-19(21)25)9-12-5-4-6-15(23-2)17(12)24-3/h4-10H,1-3H3/b16-9-. The van der Waals surface area contributed by atoms with Gasteiger partial charge in [0, 0.05) is 10.6 Å². The van der Waals surface area contributed by atoms with Gasteiger partial charge in [-0.2, -0.15) is 0 Å². The van der Waals surface area contributed by atoms with Gasteiger partial charge in [0.05, 0.1) is 24.8 Å². The molecule has 134 valence electrons. The molecule has 1 amide bonds. The third-order valence-electron chi connectivity index (χ3n) is 3.93. The third kappa shape index (κ3) is 3.45. The summed E-state index contributed by atoms with van der Waals surface area (Å²) in [6.45, 7) is 1.91. The van der Waals surface area contributed by atoms with Crippen molar-refractivity contribution in [3.05, 3.63) is 57.5 Å². The van der Waals surface area contributed by atoms with Crippen molar-refractivity contribution in [2.45, 2.75) is 6.92 Å². The average Bonchev–Trinajstić information content (AvgIpc) is 2.90. The van der Waals surface area contributed by atoms with Crippen LogP contribution in [0, 0.1) is 6.92 Å². The Bertz CT molecular complexity index is 927. The summed E-state index contributed by atoms with van der Waals surface area (Å²) in [4.78, 5) is 14.9. The zero-order chi connectivity index (χ0) is 18.8. The number of halogens is 1. The normalized spacial score (nSPS) is 15.7. The molecular weight excluding hydrogens is 390 g/mol. The van der Waals surface area contributed by atoms with E-state index in [0.717, 1.165) is 11.1 Å². The molecule has 2 aromatic carbocycles. The fraction of sp³-hybridized carbons (Fsp3) is 0.158. The van der Waals surface area contributed by atoms with E-state index >= 15 is 0 Å². The maximum Gasteiger partial charge on any atom is 0.270 e. The number of thiocarbonyl (C=S) groups is 1. The second kappa shape index (κ2) is 7.70. The van der Waals surface area contributed by atoms with Gasteiger partial charge in [-0.05, 0) is 36.8 Å². The van der Waals surface area contributed by atoms with E-state index in [2.05, 4.69) is 0 Å². The lowest BCUT2D eigenvalue weighted by Gasteiger charge is -2.15. The van der Waals surface area contributed by atoms with Gasteiger partial charge in [0.1, 0.15) is 0 Å². The van der Waals surface area contributed by atoms with Crippen LogP contribution in [0.25, 0.3) is 6.08 Å². The van der Waals surface area contributed by atoms with Crippen molar-refractivity contribution < 1.29 is 14.3 Å². The average molecular weight is 406 g/mol. The molecule has 0 aliphatic carbocycles. The molecule has 4 nitrogen and oxygen atoms in total. The smallest absolute Gasteiger partial charge is 0.270 e. The highest BCUT2D eigenvalue weighted by Crippen LogP contribution is 2.39. The number of aryl methyl sites for hydroxylation is 1. The van der Waals surface area contributed by atoms with Crippen LogP contribution in [-0.4, -0.2) is 24.4 Å². The number of benzene rings is 2. The Morgan fingerprint density at radius 3 is 2.62 bits per heavy atom. The summed E-state index contributed by atoms with van der Waals surface area (Å²) in [6.07, 6.45) is 1.76. The molecule has 1 aliphatic heterocycles. The molecule has 1 heterocycles. The molecule has 0 radical (unpaired) electrons. The lowest BCUT2D eigenvalue weighted by molar-refractivity contribution is -0.113. The van der Waals surface area contributed by atoms with Crippen molar-refractivity contribution in [1.82, 2.24) is 0 Å². The molecule has 1 saturated heterocycles. The topological polar surface area (TPSA) is 38.8 Å². The maximum absolute atomic E-state index is 12.9. The van der Waals surface area contributed by atoms with Crippen LogP contribution in [0.2, 0.25) is 5.02 Å². The van der Waals surface area contributed by atoms with Gasteiger partial charge in [0.25, 0.3) is 5.91 Å². The van der Waals surface area contributed by atoms with Gasteiger partial charge in [0.2, 0.25) is 0 Å². The zero-order valence-corrected chi connectivity index (χ0v) is 16.8. The minimum absolute atomic E-state index is 0.190. The van der Waals surface area contributed by atoms with Gasteiger partial charge in [-0.3, -0.25) is 9.69 Å². The highest BCUT2D eigenvalue weighted by molar-refractivity contribution is 8.27. The van der Waals surface area contributed by atoms with Gasteiger partial charge >= 0.3 is 0 Å². The molecule has 0 N–H and O–H groups in total. The van der Waals surface area contributed by atoms with E-state index in [4.69, 9.17) is 33.3 Å². The summed E-state index contributed by atoms with van der Waals surface area (Å²) in [6, 6.07) is 10.9. The summed E-state index contributed by atoms with van der Waals surface area (Å²) < 4.78 is 11.2. The number of methoxy groups -OCH3 is 2. The van der Waals surface area contributed by atoms with Gasteiger partial charge < -0.3 is 9.47 Å². The highest BCUT2D eigenvalue weighted by Gasteiger charge is 2.33. The van der Waals surface area contributed by atoms with E-state index in [-0.39, 0.29) is 5.91 Å². The molecule has 26 heavy (non-hydrogen) atoms. The molecule has 0 spiro atoms. The summed E-state index contributed by atoms with van der Waals surface area (Å²) in [7, 11) is 3.14. The van der Waals surface area contributed by atoms with Crippen molar-refractivity contribution in [1.29, 1.82) is 0 Å². The van der Waals surface area contributed by atoms with Gasteiger partial charge in [0.15, 0.2) is 15.8 Å². The first-order valence-corrected chi connectivity index (χ1v) is 9.31. The van der Waals surface area contributed by atoms with Gasteiger partial charge in [-0.25, -0.2) is 0 Å². The molecule has 1 fully saturated rings. The highest BCUT2D eigenvalue weighted by atomic mass is 35.5. The molecule has 7 heteroatoms. The van der Waals surface area contributed by atoms with E-state index in [0.29, 0.717) is 31.4 Å². The lowest BCUT2D eigenvalue weighted by atomic mass is 10.1. The van der Waals surface area contributed by atoms with E-state index in [1.54, 1.807) is 32.4 Å². The summed E-state index contributed by atoms with van der Waals surface area (Å²) >= 11 is 12.8. The Labute approximate surface area is 166 Å². The number of hydrogen-bond acceptors (Lipinski definition) is 5. The summed E-state index contributed by atoms with van der Waals surface area (Å²) in [5.41, 5.74) is 2.34. The number of carbonyl (C=O) groups excluding carboxylic acids is 1. The van der Waals surface area contributed by atoms with E-state index in [1.165, 1.54) is 16.7 Å². The van der Waals surface area contributed by atoms with Crippen molar-refractivity contribution in [2.24, 2.45) is 0 Å². The Morgan fingerprint density at radius 2 is 1.96 bits per heavy atom. The molecule has 0 aromatic heterocycles. The molecule has 0 bridgehead atoms. The number of hydrogen-bond donors (Lipinski definition) is 0. The van der Waals surface area contributed by atoms with Gasteiger partial charge in [-0.15, -0.1) is 0 Å². The van der Waals surface area contributed by atoms with Crippen LogP contribution < -0.4 is 14.4 Å². The van der Waals surface area contributed by atoms with Crippen molar-refractivity contribution in [3.63, 3.8) is 0 Å². The third-order valence-corrected chi connectivity index (χ3v) is 5.64. The van der Waals surface area contributed by atoms with Crippen LogP contribution in [0.5, 0.6) is 11.5 Å². The number of rotatable bonds is 4. The first kappa shape index (κ1) is 18.8. The quantitative estimate of drug-likeness (QED) is 0.524. The van der Waals surface area contributed by atoms with Gasteiger partial charge in [-0.1, -0.05) is 53.8 Å². The number of ether oxygens (including phenoxy) is 2. The number of anilines is 1. The molecule has 0 atom stereocenters. The lowest BCUT2D eigenvalue weighted by Crippen LogP contribution is -2.27. The van der Waals surface area contributed by atoms with Crippen LogP contribution in [0.3, 0.4) is 0 Å². The fourth-order valence-corrected chi connectivity index (χ4v) is 4.04. The Kier molecular flexibility index (Phi) is 5.55. The van der Waals surface area contributed by atoms with Crippen LogP contribution in [0.4, 0.5) is 5.69 Å². The Hall–Kier alpha value is -2.02. The van der Waals surface area contributed by atoms with Crippen LogP contribution in [0.15, 0.2) is 41.3 Å². The number of nitrogens with zero attached hydrogens (tertiary/aromatic N) is 1. The fourth-order valence-electron chi connectivity index (χ4n) is 2.58. The second-order valence-corrected chi connectivity index (χ2v) is 7.62. The number of carbonyl (C=O) groups is 1. The van der Waals surface area contributed by atoms with Crippen molar-refractivity contribution in [2.75, 3.05) is 19.1 Å². The Balaban J connectivity index is 1.99. The zero-order valence-electron chi connectivity index (χ0n) is 14.4. The SMILES string of the molecule is COc1cccc(/C=C2\SC(=S)N(c3ccc(C)c(Cl)c3)C2=O)c1OC. The number of amides is 1. The molecule has 0 saturated carbocycles. The molecule has 3 rings (SSSR count). The first-order valence-electron chi connectivity index (χ1n) is 7.71. The molecule has 2 aromatic rings. The predicted molar refractivity (Wildman–Crippen MR) is 111 cm³/mol. The van der Waals surface area contributed by atoms with E-state index < -0.39 is 0 Å². The molecular formula is C19H16ClNO3S2. The molecule has 0 unspecified atom stereocenters.